The van der Waals surface area contributed by atoms with E-state index in [0.717, 1.165) is 28.3 Å². The van der Waals surface area contributed by atoms with Gasteiger partial charge < -0.3 is 15.4 Å². The molecule has 0 fully saturated rings. The minimum absolute atomic E-state index is 0.00722. The molecule has 1 amide bonds. The lowest BCUT2D eigenvalue weighted by molar-refractivity contribution is -0.115. The maximum absolute atomic E-state index is 12.1. The molecule has 0 saturated carbocycles. The van der Waals surface area contributed by atoms with Gasteiger partial charge in [0.15, 0.2) is 0 Å². The molecule has 0 spiro atoms. The van der Waals surface area contributed by atoms with Crippen LogP contribution in [-0.4, -0.2) is 19.6 Å². The molecule has 0 saturated heterocycles. The van der Waals surface area contributed by atoms with E-state index in [4.69, 9.17) is 4.74 Å². The summed E-state index contributed by atoms with van der Waals surface area (Å²) in [5.41, 5.74) is 4.01. The van der Waals surface area contributed by atoms with Crippen molar-refractivity contribution >= 4 is 17.3 Å². The molecule has 2 aromatic carbocycles. The van der Waals surface area contributed by atoms with Gasteiger partial charge in [0, 0.05) is 30.4 Å². The highest BCUT2D eigenvalue weighted by Crippen LogP contribution is 2.20. The van der Waals surface area contributed by atoms with Crippen molar-refractivity contribution in [2.45, 2.75) is 20.3 Å². The number of para-hydroxylation sites is 1. The van der Waals surface area contributed by atoms with Gasteiger partial charge in [0.2, 0.25) is 5.91 Å². The van der Waals surface area contributed by atoms with Crippen molar-refractivity contribution in [3.05, 3.63) is 53.6 Å². The van der Waals surface area contributed by atoms with E-state index in [1.54, 1.807) is 7.11 Å². The van der Waals surface area contributed by atoms with Gasteiger partial charge in [-0.05, 0) is 37.1 Å². The molecule has 0 aliphatic heterocycles. The summed E-state index contributed by atoms with van der Waals surface area (Å²) in [4.78, 5) is 12.1. The molecule has 2 rings (SSSR count). The number of amides is 1. The molecule has 0 aliphatic carbocycles. The lowest BCUT2D eigenvalue weighted by atomic mass is 10.1. The van der Waals surface area contributed by atoms with Crippen molar-refractivity contribution in [2.24, 2.45) is 0 Å². The SMILES string of the molecule is COc1cccc(NCCC(=O)Nc2c(C)cccc2C)c1. The number of ether oxygens (including phenoxy) is 1. The Morgan fingerprint density at radius 1 is 1.09 bits per heavy atom. The summed E-state index contributed by atoms with van der Waals surface area (Å²) < 4.78 is 5.17. The Morgan fingerprint density at radius 3 is 2.45 bits per heavy atom. The van der Waals surface area contributed by atoms with Gasteiger partial charge in [-0.15, -0.1) is 0 Å². The normalized spacial score (nSPS) is 10.1. The van der Waals surface area contributed by atoms with Gasteiger partial charge in [0.05, 0.1) is 7.11 Å². The molecule has 116 valence electrons. The van der Waals surface area contributed by atoms with Gasteiger partial charge in [-0.25, -0.2) is 0 Å². The van der Waals surface area contributed by atoms with Crippen molar-refractivity contribution in [1.82, 2.24) is 0 Å². The lowest BCUT2D eigenvalue weighted by Crippen LogP contribution is -2.17. The van der Waals surface area contributed by atoms with E-state index in [-0.39, 0.29) is 5.91 Å². The number of rotatable bonds is 6. The Hall–Kier alpha value is -2.49. The van der Waals surface area contributed by atoms with Crippen molar-refractivity contribution in [3.63, 3.8) is 0 Å². The number of hydrogen-bond donors (Lipinski definition) is 2. The molecule has 2 aromatic rings. The van der Waals surface area contributed by atoms with Crippen LogP contribution < -0.4 is 15.4 Å². The third kappa shape index (κ3) is 4.25. The van der Waals surface area contributed by atoms with Crippen LogP contribution in [0.25, 0.3) is 0 Å². The number of carbonyl (C=O) groups excluding carboxylic acids is 1. The highest BCUT2D eigenvalue weighted by Gasteiger charge is 2.07. The molecular weight excluding hydrogens is 276 g/mol. The molecule has 0 aliphatic rings. The van der Waals surface area contributed by atoms with Crippen molar-refractivity contribution in [2.75, 3.05) is 24.3 Å². The molecule has 0 aromatic heterocycles. The Bertz CT molecular complexity index is 633. The topological polar surface area (TPSA) is 50.4 Å². The third-order valence-electron chi connectivity index (χ3n) is 3.50. The summed E-state index contributed by atoms with van der Waals surface area (Å²) in [6.07, 6.45) is 0.408. The van der Waals surface area contributed by atoms with E-state index in [0.29, 0.717) is 13.0 Å². The minimum atomic E-state index is 0.00722. The summed E-state index contributed by atoms with van der Waals surface area (Å²) in [6.45, 7) is 4.57. The average molecular weight is 298 g/mol. The molecule has 0 atom stereocenters. The first kappa shape index (κ1) is 15.9. The number of methoxy groups -OCH3 is 1. The van der Waals surface area contributed by atoms with E-state index in [2.05, 4.69) is 10.6 Å². The van der Waals surface area contributed by atoms with Crippen LogP contribution in [0.4, 0.5) is 11.4 Å². The summed E-state index contributed by atoms with van der Waals surface area (Å²) in [7, 11) is 1.64. The van der Waals surface area contributed by atoms with Crippen molar-refractivity contribution in [3.8, 4) is 5.75 Å². The Labute approximate surface area is 131 Å². The second kappa shape index (κ2) is 7.50. The Kier molecular flexibility index (Phi) is 5.42. The predicted molar refractivity (Wildman–Crippen MR) is 90.6 cm³/mol. The number of carbonyl (C=O) groups is 1. The van der Waals surface area contributed by atoms with Gasteiger partial charge in [-0.2, -0.15) is 0 Å². The summed E-state index contributed by atoms with van der Waals surface area (Å²) in [5, 5.41) is 6.21. The van der Waals surface area contributed by atoms with Gasteiger partial charge in [0.1, 0.15) is 5.75 Å². The number of aryl methyl sites for hydroxylation is 2. The Morgan fingerprint density at radius 2 is 1.77 bits per heavy atom. The monoisotopic (exact) mass is 298 g/mol. The van der Waals surface area contributed by atoms with Crippen molar-refractivity contribution in [1.29, 1.82) is 0 Å². The van der Waals surface area contributed by atoms with Crippen LogP contribution in [0.3, 0.4) is 0 Å². The summed E-state index contributed by atoms with van der Waals surface area (Å²) >= 11 is 0. The van der Waals surface area contributed by atoms with E-state index in [9.17, 15) is 4.79 Å². The Balaban J connectivity index is 1.85. The number of nitrogens with one attached hydrogen (secondary N) is 2. The van der Waals surface area contributed by atoms with Crippen LogP contribution >= 0.6 is 0 Å². The maximum Gasteiger partial charge on any atom is 0.226 e. The average Bonchev–Trinajstić information content (AvgIpc) is 2.51. The first-order chi connectivity index (χ1) is 10.6. The zero-order valence-corrected chi connectivity index (χ0v) is 13.3. The number of benzene rings is 2. The summed E-state index contributed by atoms with van der Waals surface area (Å²) in [5.74, 6) is 0.804. The summed E-state index contributed by atoms with van der Waals surface area (Å²) in [6, 6.07) is 13.6. The van der Waals surface area contributed by atoms with E-state index < -0.39 is 0 Å². The van der Waals surface area contributed by atoms with Gasteiger partial charge in [-0.3, -0.25) is 4.79 Å². The first-order valence-electron chi connectivity index (χ1n) is 7.34. The zero-order valence-electron chi connectivity index (χ0n) is 13.3. The molecule has 0 bridgehead atoms. The van der Waals surface area contributed by atoms with Crippen LogP contribution in [0.15, 0.2) is 42.5 Å². The first-order valence-corrected chi connectivity index (χ1v) is 7.34. The van der Waals surface area contributed by atoms with Crippen molar-refractivity contribution < 1.29 is 9.53 Å². The fourth-order valence-electron chi connectivity index (χ4n) is 2.27. The largest absolute Gasteiger partial charge is 0.497 e. The molecule has 2 N–H and O–H groups in total. The maximum atomic E-state index is 12.1. The van der Waals surface area contributed by atoms with Crippen LogP contribution in [0.1, 0.15) is 17.5 Å². The smallest absolute Gasteiger partial charge is 0.226 e. The molecule has 4 heteroatoms. The highest BCUT2D eigenvalue weighted by atomic mass is 16.5. The zero-order chi connectivity index (χ0) is 15.9. The van der Waals surface area contributed by atoms with Crippen LogP contribution in [0.5, 0.6) is 5.75 Å². The van der Waals surface area contributed by atoms with Gasteiger partial charge in [-0.1, -0.05) is 24.3 Å². The molecule has 22 heavy (non-hydrogen) atoms. The van der Waals surface area contributed by atoms with Crippen LogP contribution in [-0.2, 0) is 4.79 Å². The van der Waals surface area contributed by atoms with E-state index >= 15 is 0 Å². The molecule has 0 heterocycles. The highest BCUT2D eigenvalue weighted by molar-refractivity contribution is 5.92. The molecule has 4 nitrogen and oxygen atoms in total. The van der Waals surface area contributed by atoms with Crippen LogP contribution in [0, 0.1) is 13.8 Å². The number of anilines is 2. The van der Waals surface area contributed by atoms with Gasteiger partial charge in [0.25, 0.3) is 0 Å². The fourth-order valence-corrected chi connectivity index (χ4v) is 2.27. The lowest BCUT2D eigenvalue weighted by Gasteiger charge is -2.12. The fraction of sp³-hybridized carbons (Fsp3) is 0.278. The molecule has 0 unspecified atom stereocenters. The predicted octanol–water partition coefficient (Wildman–Crippen LogP) is 3.75. The third-order valence-corrected chi connectivity index (χ3v) is 3.50. The number of hydrogen-bond acceptors (Lipinski definition) is 3. The molecule has 0 radical (unpaired) electrons. The van der Waals surface area contributed by atoms with Crippen LogP contribution in [0.2, 0.25) is 0 Å². The standard InChI is InChI=1S/C18H22N2O2/c1-13-6-4-7-14(2)18(13)20-17(21)10-11-19-15-8-5-9-16(12-15)22-3/h4-9,12,19H,10-11H2,1-3H3,(H,20,21). The van der Waals surface area contributed by atoms with Gasteiger partial charge >= 0.3 is 0 Å². The molecular formula is C18H22N2O2. The minimum Gasteiger partial charge on any atom is -0.497 e. The van der Waals surface area contributed by atoms with E-state index in [1.165, 1.54) is 0 Å². The quantitative estimate of drug-likeness (QED) is 0.854. The second-order valence-corrected chi connectivity index (χ2v) is 5.22. The van der Waals surface area contributed by atoms with E-state index in [1.807, 2.05) is 56.3 Å². The second-order valence-electron chi connectivity index (χ2n) is 5.22.